The van der Waals surface area contributed by atoms with Crippen molar-refractivity contribution in [1.29, 1.82) is 0 Å². The zero-order chi connectivity index (χ0) is 33.1. The van der Waals surface area contributed by atoms with E-state index >= 15 is 0 Å². The zero-order valence-electron chi connectivity index (χ0n) is 26.7. The molecule has 0 bridgehead atoms. The molecule has 4 rings (SSSR count). The summed E-state index contributed by atoms with van der Waals surface area (Å²) in [6.45, 7) is 13.4. The summed E-state index contributed by atoms with van der Waals surface area (Å²) >= 11 is 0. The van der Waals surface area contributed by atoms with Crippen molar-refractivity contribution in [3.63, 3.8) is 0 Å². The van der Waals surface area contributed by atoms with Gasteiger partial charge in [-0.2, -0.15) is 0 Å². The standard InChI is InChI=1S/C37H41NO8/c1-6-7-26-8-10-28(11-9-26)29-12-14-32(31(18-29)16-17-42-36(40)25(4)5)30-13-15-33(43-20-27-21-44-37(41)45-22-27)34(19-30)46-23-38-35(39)24(2)3/h8-15,18-19,27H,2,4,6-7,16-17,20-23H2,1,3,5H3,(H,38,39). The maximum Gasteiger partial charge on any atom is 0.508 e. The Balaban J connectivity index is 1.64. The van der Waals surface area contributed by atoms with Crippen LogP contribution in [0.3, 0.4) is 0 Å². The molecule has 1 amide bonds. The van der Waals surface area contributed by atoms with Gasteiger partial charge in [-0.25, -0.2) is 9.59 Å². The number of hydrogen-bond donors (Lipinski definition) is 1. The molecule has 0 radical (unpaired) electrons. The van der Waals surface area contributed by atoms with Gasteiger partial charge >= 0.3 is 12.1 Å². The van der Waals surface area contributed by atoms with Crippen LogP contribution in [0.15, 0.2) is 85.0 Å². The smallest absolute Gasteiger partial charge is 0.489 e. The van der Waals surface area contributed by atoms with Crippen molar-refractivity contribution in [2.24, 2.45) is 5.92 Å². The van der Waals surface area contributed by atoms with Crippen molar-refractivity contribution in [2.75, 3.05) is 33.2 Å². The van der Waals surface area contributed by atoms with Crippen LogP contribution in [0.5, 0.6) is 11.5 Å². The molecule has 3 aromatic rings. The maximum absolute atomic E-state index is 12.1. The fourth-order valence-corrected chi connectivity index (χ4v) is 4.79. The highest BCUT2D eigenvalue weighted by Gasteiger charge is 2.22. The lowest BCUT2D eigenvalue weighted by Gasteiger charge is -2.23. The summed E-state index contributed by atoms with van der Waals surface area (Å²) in [5, 5.41) is 2.67. The molecule has 0 spiro atoms. The van der Waals surface area contributed by atoms with Crippen molar-refractivity contribution in [2.45, 2.75) is 40.0 Å². The summed E-state index contributed by atoms with van der Waals surface area (Å²) in [6.07, 6.45) is 1.89. The molecular formula is C37H41NO8. The topological polar surface area (TPSA) is 109 Å². The van der Waals surface area contributed by atoms with Gasteiger partial charge in [0.15, 0.2) is 18.2 Å². The van der Waals surface area contributed by atoms with Crippen LogP contribution in [-0.2, 0) is 36.6 Å². The third-order valence-corrected chi connectivity index (χ3v) is 7.34. The van der Waals surface area contributed by atoms with Gasteiger partial charge in [-0.3, -0.25) is 4.79 Å². The van der Waals surface area contributed by atoms with E-state index in [0.717, 1.165) is 40.7 Å². The number of ether oxygens (including phenoxy) is 5. The van der Waals surface area contributed by atoms with Gasteiger partial charge in [-0.1, -0.05) is 75.0 Å². The predicted molar refractivity (Wildman–Crippen MR) is 176 cm³/mol. The van der Waals surface area contributed by atoms with Gasteiger partial charge in [-0.15, -0.1) is 0 Å². The summed E-state index contributed by atoms with van der Waals surface area (Å²) in [6, 6.07) is 20.3. The van der Waals surface area contributed by atoms with Crippen LogP contribution in [0.1, 0.15) is 38.3 Å². The fraction of sp³-hybridized carbons (Fsp3) is 0.324. The first kappa shape index (κ1) is 33.8. The summed E-state index contributed by atoms with van der Waals surface area (Å²) < 4.78 is 27.4. The van der Waals surface area contributed by atoms with Crippen LogP contribution in [-0.4, -0.2) is 51.2 Å². The van der Waals surface area contributed by atoms with Crippen LogP contribution in [0, 0.1) is 5.92 Å². The van der Waals surface area contributed by atoms with Gasteiger partial charge in [0.1, 0.15) is 13.2 Å². The Morgan fingerprint density at radius 1 is 0.848 bits per heavy atom. The van der Waals surface area contributed by atoms with Gasteiger partial charge in [0.25, 0.3) is 0 Å². The quantitative estimate of drug-likeness (QED) is 0.111. The Labute approximate surface area is 270 Å². The normalized spacial score (nSPS) is 12.8. The fourth-order valence-electron chi connectivity index (χ4n) is 4.79. The van der Waals surface area contributed by atoms with E-state index in [1.54, 1.807) is 19.9 Å². The molecule has 3 aromatic carbocycles. The van der Waals surface area contributed by atoms with E-state index in [1.807, 2.05) is 18.2 Å². The molecule has 0 atom stereocenters. The molecule has 242 valence electrons. The average molecular weight is 628 g/mol. The van der Waals surface area contributed by atoms with Gasteiger partial charge in [0.05, 0.1) is 19.1 Å². The number of rotatable bonds is 15. The van der Waals surface area contributed by atoms with E-state index in [0.29, 0.717) is 29.1 Å². The minimum Gasteiger partial charge on any atom is -0.489 e. The largest absolute Gasteiger partial charge is 0.508 e. The lowest BCUT2D eigenvalue weighted by atomic mass is 9.93. The van der Waals surface area contributed by atoms with Gasteiger partial charge in [0, 0.05) is 17.6 Å². The number of amides is 1. The molecule has 1 saturated heterocycles. The SMILES string of the molecule is C=C(C)C(=O)NCOc1cc(-c2ccc(-c3ccc(CCC)cc3)cc2CCOC(=O)C(=C)C)ccc1OCC1COC(=O)OC1. The second-order valence-corrected chi connectivity index (χ2v) is 11.3. The molecular weight excluding hydrogens is 586 g/mol. The number of hydrogen-bond acceptors (Lipinski definition) is 8. The van der Waals surface area contributed by atoms with Crippen molar-refractivity contribution < 1.29 is 38.1 Å². The molecule has 1 fully saturated rings. The van der Waals surface area contributed by atoms with Gasteiger partial charge in [-0.05, 0) is 65.8 Å². The van der Waals surface area contributed by atoms with Crippen molar-refractivity contribution in [1.82, 2.24) is 5.32 Å². The first-order valence-corrected chi connectivity index (χ1v) is 15.3. The highest BCUT2D eigenvalue weighted by molar-refractivity contribution is 5.92. The van der Waals surface area contributed by atoms with E-state index in [4.69, 9.17) is 23.7 Å². The van der Waals surface area contributed by atoms with E-state index in [-0.39, 0.29) is 45.0 Å². The summed E-state index contributed by atoms with van der Waals surface area (Å²) in [5.41, 5.74) is 6.87. The van der Waals surface area contributed by atoms with Crippen LogP contribution < -0.4 is 14.8 Å². The van der Waals surface area contributed by atoms with Crippen LogP contribution >= 0.6 is 0 Å². The van der Waals surface area contributed by atoms with Crippen LogP contribution in [0.2, 0.25) is 0 Å². The number of cyclic esters (lactones) is 2. The van der Waals surface area contributed by atoms with E-state index in [2.05, 4.69) is 61.8 Å². The van der Waals surface area contributed by atoms with E-state index in [1.165, 1.54) is 5.56 Å². The van der Waals surface area contributed by atoms with Gasteiger partial charge in [0.2, 0.25) is 5.91 Å². The molecule has 46 heavy (non-hydrogen) atoms. The predicted octanol–water partition coefficient (Wildman–Crippen LogP) is 6.83. The maximum atomic E-state index is 12.1. The second kappa shape index (κ2) is 16.3. The highest BCUT2D eigenvalue weighted by Crippen LogP contribution is 2.36. The summed E-state index contributed by atoms with van der Waals surface area (Å²) in [4.78, 5) is 35.4. The Morgan fingerprint density at radius 3 is 2.22 bits per heavy atom. The Hall–Kier alpha value is -5.05. The second-order valence-electron chi connectivity index (χ2n) is 11.3. The number of esters is 1. The monoisotopic (exact) mass is 627 g/mol. The van der Waals surface area contributed by atoms with Crippen molar-refractivity contribution in [3.8, 4) is 33.8 Å². The third kappa shape index (κ3) is 9.47. The van der Waals surface area contributed by atoms with E-state index < -0.39 is 12.1 Å². The number of carbonyl (C=O) groups is 3. The third-order valence-electron chi connectivity index (χ3n) is 7.34. The van der Waals surface area contributed by atoms with Gasteiger partial charge < -0.3 is 29.0 Å². The lowest BCUT2D eigenvalue weighted by Crippen LogP contribution is -2.31. The average Bonchev–Trinajstić information content (AvgIpc) is 3.05. The molecule has 9 heteroatoms. The molecule has 1 aliphatic rings. The number of benzene rings is 3. The minimum atomic E-state index is -0.692. The minimum absolute atomic E-state index is 0.105. The molecule has 0 unspecified atom stereocenters. The molecule has 1 N–H and O–H groups in total. The Bertz CT molecular complexity index is 1570. The molecule has 0 aliphatic carbocycles. The molecule has 0 aromatic heterocycles. The zero-order valence-corrected chi connectivity index (χ0v) is 26.7. The lowest BCUT2D eigenvalue weighted by molar-refractivity contribution is -0.138. The van der Waals surface area contributed by atoms with Crippen molar-refractivity contribution >= 4 is 18.0 Å². The summed E-state index contributed by atoms with van der Waals surface area (Å²) in [7, 11) is 0. The van der Waals surface area contributed by atoms with Crippen LogP contribution in [0.4, 0.5) is 4.79 Å². The first-order valence-electron chi connectivity index (χ1n) is 15.3. The first-order chi connectivity index (χ1) is 22.1. The number of nitrogens with one attached hydrogen (secondary N) is 1. The molecule has 1 heterocycles. The van der Waals surface area contributed by atoms with Crippen LogP contribution in [0.25, 0.3) is 22.3 Å². The Morgan fingerprint density at radius 2 is 1.54 bits per heavy atom. The van der Waals surface area contributed by atoms with E-state index in [9.17, 15) is 14.4 Å². The Kier molecular flexibility index (Phi) is 12.0. The summed E-state index contributed by atoms with van der Waals surface area (Å²) in [5.74, 6) is -0.0547. The molecule has 0 saturated carbocycles. The van der Waals surface area contributed by atoms with Crippen molar-refractivity contribution in [3.05, 3.63) is 96.1 Å². The molecule has 1 aliphatic heterocycles. The number of carbonyl (C=O) groups excluding carboxylic acids is 3. The molecule has 9 nitrogen and oxygen atoms in total. The number of aryl methyl sites for hydroxylation is 1. The highest BCUT2D eigenvalue weighted by atomic mass is 16.7.